The molecule has 0 unspecified atom stereocenters. The molecule has 0 atom stereocenters. The molecule has 1 aromatic heterocycles. The first kappa shape index (κ1) is 24.2. The maximum absolute atomic E-state index is 14.3. The Kier molecular flexibility index (Phi) is 6.00. The van der Waals surface area contributed by atoms with E-state index in [-0.39, 0.29) is 16.3 Å². The van der Waals surface area contributed by atoms with Crippen molar-refractivity contribution in [2.45, 2.75) is 20.8 Å². The molecule has 5 nitrogen and oxygen atoms in total. The number of aromatic nitrogens is 1. The van der Waals surface area contributed by atoms with E-state index in [0.717, 1.165) is 22.8 Å². The highest BCUT2D eigenvalue weighted by Gasteiger charge is 2.37. The van der Waals surface area contributed by atoms with Crippen LogP contribution in [0.3, 0.4) is 0 Å². The average Bonchev–Trinajstić information content (AvgIpc) is 3.26. The summed E-state index contributed by atoms with van der Waals surface area (Å²) in [6.45, 7) is 5.13. The third-order valence-electron chi connectivity index (χ3n) is 5.86. The minimum absolute atomic E-state index is 0.0304. The first-order chi connectivity index (χ1) is 16.4. The second kappa shape index (κ2) is 8.68. The fourth-order valence-electron chi connectivity index (χ4n) is 4.00. The van der Waals surface area contributed by atoms with Crippen molar-refractivity contribution in [3.05, 3.63) is 81.9 Å². The molecule has 0 aliphatic carbocycles. The number of rotatable bonds is 4. The number of anilines is 2. The van der Waals surface area contributed by atoms with Gasteiger partial charge in [-0.3, -0.25) is 4.79 Å². The minimum atomic E-state index is -2.31. The summed E-state index contributed by atoms with van der Waals surface area (Å²) in [6, 6.07) is 9.65. The van der Waals surface area contributed by atoms with E-state index in [4.69, 9.17) is 0 Å². The molecule has 0 N–H and O–H groups in total. The van der Waals surface area contributed by atoms with Crippen LogP contribution in [0.25, 0.3) is 11.8 Å². The van der Waals surface area contributed by atoms with Crippen molar-refractivity contribution >= 4 is 29.1 Å². The Morgan fingerprint density at radius 2 is 1.40 bits per heavy atom. The quantitative estimate of drug-likeness (QED) is 0.206. The zero-order chi connectivity index (χ0) is 25.8. The number of hydrazone groups is 1. The van der Waals surface area contributed by atoms with Gasteiger partial charge in [0.15, 0.2) is 23.3 Å². The first-order valence-electron chi connectivity index (χ1n) is 10.5. The van der Waals surface area contributed by atoms with Gasteiger partial charge in [-0.15, -0.1) is 0 Å². The van der Waals surface area contributed by atoms with Crippen LogP contribution in [-0.4, -0.2) is 30.3 Å². The monoisotopic (exact) mass is 488 g/mol. The van der Waals surface area contributed by atoms with E-state index < -0.39 is 40.7 Å². The molecule has 1 aliphatic rings. The summed E-state index contributed by atoms with van der Waals surface area (Å²) in [6.07, 6.45) is 1.49. The number of hydrogen-bond donors (Lipinski definition) is 0. The lowest BCUT2D eigenvalue weighted by Crippen LogP contribution is -2.25. The largest absolute Gasteiger partial charge is 0.378 e. The maximum Gasteiger partial charge on any atom is 0.280 e. The van der Waals surface area contributed by atoms with Gasteiger partial charge in [0.25, 0.3) is 5.91 Å². The smallest absolute Gasteiger partial charge is 0.280 e. The summed E-state index contributed by atoms with van der Waals surface area (Å²) < 4.78 is 71.3. The molecular formula is C25H21F5N4O. The molecule has 0 saturated heterocycles. The van der Waals surface area contributed by atoms with Crippen LogP contribution >= 0.6 is 0 Å². The van der Waals surface area contributed by atoms with Gasteiger partial charge in [0.1, 0.15) is 5.69 Å². The van der Waals surface area contributed by atoms with Gasteiger partial charge in [-0.25, -0.2) is 22.0 Å². The summed E-state index contributed by atoms with van der Waals surface area (Å²) in [4.78, 5) is 14.9. The minimum Gasteiger partial charge on any atom is -0.378 e. The van der Waals surface area contributed by atoms with Gasteiger partial charge in [0, 0.05) is 36.9 Å². The number of aryl methyl sites for hydroxylation is 1. The van der Waals surface area contributed by atoms with E-state index in [1.54, 1.807) is 0 Å². The van der Waals surface area contributed by atoms with Crippen molar-refractivity contribution in [1.29, 1.82) is 0 Å². The van der Waals surface area contributed by atoms with Gasteiger partial charge in [-0.2, -0.15) is 10.1 Å². The topological polar surface area (TPSA) is 40.8 Å². The lowest BCUT2D eigenvalue weighted by atomic mass is 10.1. The van der Waals surface area contributed by atoms with Crippen molar-refractivity contribution in [1.82, 2.24) is 4.57 Å². The van der Waals surface area contributed by atoms with E-state index >= 15 is 0 Å². The van der Waals surface area contributed by atoms with E-state index in [1.165, 1.54) is 13.0 Å². The van der Waals surface area contributed by atoms with Crippen LogP contribution in [0.15, 0.2) is 41.0 Å². The Hall–Kier alpha value is -3.95. The first-order valence-corrected chi connectivity index (χ1v) is 10.5. The van der Waals surface area contributed by atoms with Gasteiger partial charge in [-0.1, -0.05) is 0 Å². The summed E-state index contributed by atoms with van der Waals surface area (Å²) >= 11 is 0. The van der Waals surface area contributed by atoms with Crippen molar-refractivity contribution in [3.8, 4) is 5.69 Å². The van der Waals surface area contributed by atoms with Gasteiger partial charge in [0.05, 0.1) is 11.3 Å². The van der Waals surface area contributed by atoms with Crippen LogP contribution in [0, 0.1) is 42.9 Å². The van der Waals surface area contributed by atoms with E-state index in [1.807, 2.05) is 67.7 Å². The van der Waals surface area contributed by atoms with Crippen LogP contribution in [-0.2, 0) is 4.79 Å². The molecule has 1 amide bonds. The molecule has 0 spiro atoms. The fraction of sp³-hybridized carbons (Fsp3) is 0.200. The molecule has 0 saturated carbocycles. The second-order valence-electron chi connectivity index (χ2n) is 8.35. The Labute approximate surface area is 198 Å². The fourth-order valence-corrected chi connectivity index (χ4v) is 4.00. The molecule has 3 aromatic rings. The summed E-state index contributed by atoms with van der Waals surface area (Å²) in [5.41, 5.74) is 2.82. The van der Waals surface area contributed by atoms with Gasteiger partial charge >= 0.3 is 0 Å². The molecule has 0 fully saturated rings. The van der Waals surface area contributed by atoms with Crippen LogP contribution in [0.2, 0.25) is 0 Å². The highest BCUT2D eigenvalue weighted by Crippen LogP contribution is 2.34. The highest BCUT2D eigenvalue weighted by molar-refractivity contribution is 6.32. The number of hydrogen-bond acceptors (Lipinski definition) is 3. The lowest BCUT2D eigenvalue weighted by molar-refractivity contribution is -0.114. The molecule has 2 aromatic carbocycles. The number of carbonyl (C=O) groups is 1. The number of halogens is 5. The summed E-state index contributed by atoms with van der Waals surface area (Å²) in [5, 5.41) is 3.98. The Bertz CT molecular complexity index is 1390. The number of amides is 1. The Balaban J connectivity index is 1.74. The standard InChI is InChI=1S/C25H21F5N4O/c1-12-10-15(14(3)33(12)17-8-6-16(7-9-17)32(4)5)11-18-13(2)31-34(25(18)35)24-22(29)20(27)19(26)21(28)23(24)30/h6-11H,1-5H3/b18-11+. The second-order valence-corrected chi connectivity index (χ2v) is 8.35. The molecule has 2 heterocycles. The molecule has 0 radical (unpaired) electrons. The van der Waals surface area contributed by atoms with Crippen molar-refractivity contribution < 1.29 is 26.7 Å². The molecule has 182 valence electrons. The molecule has 4 rings (SSSR count). The van der Waals surface area contributed by atoms with Crippen LogP contribution in [0.5, 0.6) is 0 Å². The molecule has 35 heavy (non-hydrogen) atoms. The molecule has 1 aliphatic heterocycles. The zero-order valence-corrected chi connectivity index (χ0v) is 19.6. The van der Waals surface area contributed by atoms with Crippen molar-refractivity contribution in [3.63, 3.8) is 0 Å². The number of nitrogens with zero attached hydrogens (tertiary/aromatic N) is 4. The summed E-state index contributed by atoms with van der Waals surface area (Å²) in [5.74, 6) is -11.9. The van der Waals surface area contributed by atoms with Gasteiger partial charge in [-0.05, 0) is 62.7 Å². The Morgan fingerprint density at radius 1 is 0.857 bits per heavy atom. The van der Waals surface area contributed by atoms with Crippen LogP contribution < -0.4 is 9.91 Å². The van der Waals surface area contributed by atoms with Crippen LogP contribution in [0.1, 0.15) is 23.9 Å². The van der Waals surface area contributed by atoms with Crippen molar-refractivity contribution in [2.75, 3.05) is 24.0 Å². The third kappa shape index (κ3) is 3.88. The van der Waals surface area contributed by atoms with Gasteiger partial charge < -0.3 is 9.47 Å². The van der Waals surface area contributed by atoms with Gasteiger partial charge in [0.2, 0.25) is 5.82 Å². The highest BCUT2D eigenvalue weighted by atomic mass is 19.2. The number of carbonyl (C=O) groups excluding carboxylic acids is 1. The molecule has 10 heteroatoms. The predicted molar refractivity (Wildman–Crippen MR) is 124 cm³/mol. The van der Waals surface area contributed by atoms with Crippen molar-refractivity contribution in [2.24, 2.45) is 5.10 Å². The molecule has 0 bridgehead atoms. The zero-order valence-electron chi connectivity index (χ0n) is 19.6. The third-order valence-corrected chi connectivity index (χ3v) is 5.86. The maximum atomic E-state index is 14.3. The van der Waals surface area contributed by atoms with Crippen LogP contribution in [0.4, 0.5) is 33.3 Å². The number of benzene rings is 2. The lowest BCUT2D eigenvalue weighted by Gasteiger charge is -2.15. The molecular weight excluding hydrogens is 467 g/mol. The predicted octanol–water partition coefficient (Wildman–Crippen LogP) is 5.66. The van der Waals surface area contributed by atoms with E-state index in [0.29, 0.717) is 5.56 Å². The average molecular weight is 488 g/mol. The van der Waals surface area contributed by atoms with E-state index in [2.05, 4.69) is 5.10 Å². The van der Waals surface area contributed by atoms with E-state index in [9.17, 15) is 26.7 Å². The summed E-state index contributed by atoms with van der Waals surface area (Å²) in [7, 11) is 3.87. The normalized spacial score (nSPS) is 14.8. The SMILES string of the molecule is CC1=NN(c2c(F)c(F)c(F)c(F)c2F)C(=O)/C1=C/c1cc(C)n(-c2ccc(N(C)C)cc2)c1C. The Morgan fingerprint density at radius 3 is 1.94 bits per heavy atom.